The van der Waals surface area contributed by atoms with Gasteiger partial charge in [0.1, 0.15) is 11.5 Å². The van der Waals surface area contributed by atoms with E-state index in [1.54, 1.807) is 0 Å². The van der Waals surface area contributed by atoms with Gasteiger partial charge >= 0.3 is 0 Å². The number of halogens is 1. The van der Waals surface area contributed by atoms with Crippen LogP contribution in [0.25, 0.3) is 11.5 Å². The first-order valence-electron chi connectivity index (χ1n) is 8.06. The predicted octanol–water partition coefficient (Wildman–Crippen LogP) is 5.25. The highest BCUT2D eigenvalue weighted by atomic mass is 79.9. The third-order valence-electron chi connectivity index (χ3n) is 3.66. The first kappa shape index (κ1) is 18.3. The summed E-state index contributed by atoms with van der Waals surface area (Å²) in [6, 6.07) is 6.37. The van der Waals surface area contributed by atoms with E-state index in [0.717, 1.165) is 34.5 Å². The molecule has 0 atom stereocenters. The van der Waals surface area contributed by atoms with E-state index in [1.807, 2.05) is 6.92 Å². The summed E-state index contributed by atoms with van der Waals surface area (Å²) >= 11 is 3.46. The summed E-state index contributed by atoms with van der Waals surface area (Å²) in [5, 5.41) is 0.880. The van der Waals surface area contributed by atoms with Crippen LogP contribution in [-0.4, -0.2) is 19.4 Å². The lowest BCUT2D eigenvalue weighted by Crippen LogP contribution is -2.15. The smallest absolute Gasteiger partial charge is 0.230 e. The molecule has 5 heteroatoms. The highest BCUT2D eigenvalue weighted by molar-refractivity contribution is 9.09. The maximum absolute atomic E-state index is 6.17. The molecule has 0 N–H and O–H groups in total. The molecule has 0 radical (unpaired) electrons. The second-order valence-electron chi connectivity index (χ2n) is 7.09. The Morgan fingerprint density at radius 2 is 1.96 bits per heavy atom. The van der Waals surface area contributed by atoms with Crippen LogP contribution in [0.2, 0.25) is 13.1 Å². The van der Waals surface area contributed by atoms with Crippen molar-refractivity contribution in [3.05, 3.63) is 35.2 Å². The van der Waals surface area contributed by atoms with Gasteiger partial charge in [0.2, 0.25) is 14.9 Å². The summed E-state index contributed by atoms with van der Waals surface area (Å²) in [5.74, 6) is 2.43. The van der Waals surface area contributed by atoms with E-state index < -0.39 is 9.04 Å². The van der Waals surface area contributed by atoms with Gasteiger partial charge in [-0.25, -0.2) is 4.98 Å². The summed E-state index contributed by atoms with van der Waals surface area (Å²) < 4.78 is 12.1. The molecule has 1 aromatic heterocycles. The minimum Gasteiger partial charge on any atom is -0.546 e. The van der Waals surface area contributed by atoms with E-state index in [1.165, 1.54) is 5.56 Å². The van der Waals surface area contributed by atoms with Gasteiger partial charge in [-0.3, -0.25) is 0 Å². The average Bonchev–Trinajstić information content (AvgIpc) is 2.79. The van der Waals surface area contributed by atoms with Gasteiger partial charge in [0.15, 0.2) is 0 Å². The zero-order valence-electron chi connectivity index (χ0n) is 14.9. The van der Waals surface area contributed by atoms with Crippen LogP contribution in [0.5, 0.6) is 5.75 Å². The number of rotatable bonds is 5. The molecule has 0 saturated carbocycles. The van der Waals surface area contributed by atoms with Gasteiger partial charge in [0.05, 0.1) is 11.3 Å². The van der Waals surface area contributed by atoms with Crippen molar-refractivity contribution in [3.63, 3.8) is 0 Å². The molecule has 126 valence electrons. The Morgan fingerprint density at radius 3 is 2.52 bits per heavy atom. The van der Waals surface area contributed by atoms with Crippen LogP contribution < -0.4 is 4.43 Å². The first-order valence-corrected chi connectivity index (χ1v) is 12.0. The van der Waals surface area contributed by atoms with E-state index in [2.05, 4.69) is 73.0 Å². The fourth-order valence-corrected chi connectivity index (χ4v) is 3.46. The van der Waals surface area contributed by atoms with Gasteiger partial charge in [0.25, 0.3) is 0 Å². The van der Waals surface area contributed by atoms with Crippen molar-refractivity contribution < 1.29 is 8.84 Å². The maximum atomic E-state index is 6.17. The number of benzene rings is 1. The van der Waals surface area contributed by atoms with E-state index in [9.17, 15) is 0 Å². The fraction of sp³-hybridized carbons (Fsp3) is 0.500. The minimum atomic E-state index is -1.22. The molecule has 0 spiro atoms. The van der Waals surface area contributed by atoms with Crippen molar-refractivity contribution >= 4 is 25.0 Å². The monoisotopic (exact) mass is 395 g/mol. The first-order chi connectivity index (χ1) is 10.7. The normalized spacial score (nSPS) is 12.0. The van der Waals surface area contributed by atoms with Crippen LogP contribution >= 0.6 is 15.9 Å². The molecular formula is C18H26BrNO2Si. The number of aromatic nitrogens is 1. The van der Waals surface area contributed by atoms with Crippen molar-refractivity contribution in [1.29, 1.82) is 0 Å². The number of oxazole rings is 1. The van der Waals surface area contributed by atoms with Crippen LogP contribution in [-0.2, 0) is 11.8 Å². The van der Waals surface area contributed by atoms with Gasteiger partial charge in [-0.05, 0) is 43.1 Å². The van der Waals surface area contributed by atoms with Crippen LogP contribution in [0, 0.1) is 6.92 Å². The molecule has 0 aliphatic heterocycles. The van der Waals surface area contributed by atoms with Crippen LogP contribution in [0.4, 0.5) is 0 Å². The van der Waals surface area contributed by atoms with Gasteiger partial charge < -0.3 is 8.84 Å². The number of nitrogens with zero attached hydrogens (tertiary/aromatic N) is 1. The third-order valence-corrected chi connectivity index (χ3v) is 4.79. The Bertz CT molecular complexity index is 674. The molecule has 0 bridgehead atoms. The van der Waals surface area contributed by atoms with Gasteiger partial charge in [-0.2, -0.15) is 0 Å². The number of alkyl halides is 1. The van der Waals surface area contributed by atoms with E-state index in [-0.39, 0.29) is 5.41 Å². The molecule has 0 unspecified atom stereocenters. The molecular weight excluding hydrogens is 370 g/mol. The fourth-order valence-electron chi connectivity index (χ4n) is 2.38. The zero-order chi connectivity index (χ0) is 17.2. The largest absolute Gasteiger partial charge is 0.546 e. The third kappa shape index (κ3) is 4.48. The van der Waals surface area contributed by atoms with Gasteiger partial charge in [-0.15, -0.1) is 0 Å². The highest BCUT2D eigenvalue weighted by Crippen LogP contribution is 2.35. The Labute approximate surface area is 149 Å². The van der Waals surface area contributed by atoms with Gasteiger partial charge in [0, 0.05) is 11.8 Å². The van der Waals surface area contributed by atoms with Crippen molar-refractivity contribution in [2.75, 3.05) is 5.33 Å². The van der Waals surface area contributed by atoms with Gasteiger partial charge in [-0.1, -0.05) is 42.8 Å². The molecule has 1 heterocycles. The molecule has 0 saturated heterocycles. The maximum Gasteiger partial charge on any atom is 0.230 e. The average molecular weight is 396 g/mol. The zero-order valence-corrected chi connectivity index (χ0v) is 17.6. The second-order valence-corrected chi connectivity index (χ2v) is 10.2. The lowest BCUT2D eigenvalue weighted by atomic mass is 9.86. The number of hydrogen-bond acceptors (Lipinski definition) is 3. The van der Waals surface area contributed by atoms with E-state index in [4.69, 9.17) is 8.84 Å². The quantitative estimate of drug-likeness (QED) is 0.512. The molecule has 0 fully saturated rings. The molecule has 0 aliphatic carbocycles. The van der Waals surface area contributed by atoms with Crippen molar-refractivity contribution in [3.8, 4) is 17.2 Å². The lowest BCUT2D eigenvalue weighted by Gasteiger charge is -2.22. The highest BCUT2D eigenvalue weighted by Gasteiger charge is 2.20. The summed E-state index contributed by atoms with van der Waals surface area (Å²) in [6.45, 7) is 12.9. The summed E-state index contributed by atoms with van der Waals surface area (Å²) in [4.78, 5) is 4.67. The Kier molecular flexibility index (Phi) is 5.73. The van der Waals surface area contributed by atoms with E-state index in [0.29, 0.717) is 5.89 Å². The number of hydrogen-bond donors (Lipinski definition) is 0. The summed E-state index contributed by atoms with van der Waals surface area (Å²) in [7, 11) is -1.22. The Hall–Kier alpha value is -1.07. The van der Waals surface area contributed by atoms with Crippen LogP contribution in [0.3, 0.4) is 0 Å². The van der Waals surface area contributed by atoms with Crippen LogP contribution in [0.1, 0.15) is 37.8 Å². The minimum absolute atomic E-state index is 0.0861. The van der Waals surface area contributed by atoms with Crippen LogP contribution in [0.15, 0.2) is 22.6 Å². The summed E-state index contributed by atoms with van der Waals surface area (Å²) in [5.41, 5.74) is 3.30. The molecule has 3 nitrogen and oxygen atoms in total. The van der Waals surface area contributed by atoms with E-state index >= 15 is 0 Å². The molecule has 0 aliphatic rings. The molecule has 1 aromatic carbocycles. The lowest BCUT2D eigenvalue weighted by molar-refractivity contribution is 0.528. The van der Waals surface area contributed by atoms with Crippen molar-refractivity contribution in [2.24, 2.45) is 0 Å². The predicted molar refractivity (Wildman–Crippen MR) is 102 cm³/mol. The molecule has 2 rings (SSSR count). The van der Waals surface area contributed by atoms with Crippen molar-refractivity contribution in [1.82, 2.24) is 4.98 Å². The second kappa shape index (κ2) is 7.22. The summed E-state index contributed by atoms with van der Waals surface area (Å²) in [6.07, 6.45) is 0.866. The Morgan fingerprint density at radius 1 is 1.26 bits per heavy atom. The Balaban J connectivity index is 2.50. The van der Waals surface area contributed by atoms with Crippen molar-refractivity contribution in [2.45, 2.75) is 52.6 Å². The standard InChI is InChI=1S/C18H26BrNO2Si/c1-12-15(9-10-19)20-17(21-12)14-8-7-13(18(2,3)4)11-16(14)22-23(5)6/h7-8,11,23H,9-10H2,1-6H3. The SMILES string of the molecule is Cc1oc(-c2ccc(C(C)(C)C)cc2O[SiH](C)C)nc1CCBr. The molecule has 2 aromatic rings. The number of aryl methyl sites for hydroxylation is 2. The molecule has 23 heavy (non-hydrogen) atoms. The molecule has 0 amide bonds. The topological polar surface area (TPSA) is 35.3 Å².